The fourth-order valence-corrected chi connectivity index (χ4v) is 2.34. The molecular weight excluding hydrogens is 377 g/mol. The van der Waals surface area contributed by atoms with Crippen LogP contribution in [-0.2, 0) is 0 Å². The highest BCUT2D eigenvalue weighted by atomic mass is 127. The van der Waals surface area contributed by atoms with E-state index in [1.54, 1.807) is 0 Å². The second kappa shape index (κ2) is 12.5. The van der Waals surface area contributed by atoms with Gasteiger partial charge in [-0.15, -0.1) is 24.0 Å². The molecule has 1 fully saturated rings. The van der Waals surface area contributed by atoms with Gasteiger partial charge in [0.2, 0.25) is 0 Å². The molecule has 0 aliphatic carbocycles. The maximum absolute atomic E-state index is 5.80. The summed E-state index contributed by atoms with van der Waals surface area (Å²) in [5, 5.41) is 3.19. The van der Waals surface area contributed by atoms with E-state index < -0.39 is 0 Å². The Kier molecular flexibility index (Phi) is 12.4. The van der Waals surface area contributed by atoms with Crippen LogP contribution >= 0.6 is 24.0 Å². The van der Waals surface area contributed by atoms with Crippen molar-refractivity contribution >= 4 is 29.9 Å². The van der Waals surface area contributed by atoms with E-state index >= 15 is 0 Å². The Labute approximate surface area is 147 Å². The SMILES string of the molecule is CCN1CCN(CCCCNC(N)=NCC(C)C)CC1.I. The van der Waals surface area contributed by atoms with Crippen LogP contribution in [-0.4, -0.2) is 68.1 Å². The van der Waals surface area contributed by atoms with Crippen LogP contribution in [0.1, 0.15) is 33.6 Å². The van der Waals surface area contributed by atoms with Crippen LogP contribution in [0, 0.1) is 5.92 Å². The average Bonchev–Trinajstić information content (AvgIpc) is 2.45. The first-order chi connectivity index (χ1) is 9.61. The molecule has 0 radical (unpaired) electrons. The van der Waals surface area contributed by atoms with E-state index in [4.69, 9.17) is 5.73 Å². The molecule has 0 spiro atoms. The van der Waals surface area contributed by atoms with E-state index in [1.807, 2.05) is 0 Å². The molecule has 21 heavy (non-hydrogen) atoms. The summed E-state index contributed by atoms with van der Waals surface area (Å²) in [7, 11) is 0. The van der Waals surface area contributed by atoms with Gasteiger partial charge in [0.25, 0.3) is 0 Å². The highest BCUT2D eigenvalue weighted by molar-refractivity contribution is 14.0. The van der Waals surface area contributed by atoms with Crippen molar-refractivity contribution in [3.05, 3.63) is 0 Å². The van der Waals surface area contributed by atoms with Crippen LogP contribution < -0.4 is 11.1 Å². The van der Waals surface area contributed by atoms with Crippen molar-refractivity contribution in [2.24, 2.45) is 16.6 Å². The van der Waals surface area contributed by atoms with Gasteiger partial charge in [0, 0.05) is 39.3 Å². The first-order valence-corrected chi connectivity index (χ1v) is 8.10. The van der Waals surface area contributed by atoms with Gasteiger partial charge in [-0.2, -0.15) is 0 Å². The topological polar surface area (TPSA) is 56.9 Å². The molecule has 0 aromatic carbocycles. The van der Waals surface area contributed by atoms with Crippen molar-refractivity contribution in [2.75, 3.05) is 52.4 Å². The lowest BCUT2D eigenvalue weighted by Gasteiger charge is -2.33. The van der Waals surface area contributed by atoms with Gasteiger partial charge in [-0.1, -0.05) is 20.8 Å². The fourth-order valence-electron chi connectivity index (χ4n) is 2.34. The number of likely N-dealkylation sites (N-methyl/N-ethyl adjacent to an activating group) is 1. The maximum Gasteiger partial charge on any atom is 0.188 e. The number of aliphatic imine (C=N–C) groups is 1. The molecule has 0 bridgehead atoms. The van der Waals surface area contributed by atoms with Crippen LogP contribution in [0.15, 0.2) is 4.99 Å². The van der Waals surface area contributed by atoms with Gasteiger partial charge < -0.3 is 20.9 Å². The largest absolute Gasteiger partial charge is 0.370 e. The van der Waals surface area contributed by atoms with E-state index in [9.17, 15) is 0 Å². The summed E-state index contributed by atoms with van der Waals surface area (Å²) in [6, 6.07) is 0. The quantitative estimate of drug-likeness (QED) is 0.276. The van der Waals surface area contributed by atoms with Gasteiger partial charge in [-0.05, 0) is 31.8 Å². The molecule has 5 nitrogen and oxygen atoms in total. The molecule has 3 N–H and O–H groups in total. The molecule has 1 saturated heterocycles. The van der Waals surface area contributed by atoms with Crippen molar-refractivity contribution in [2.45, 2.75) is 33.6 Å². The van der Waals surface area contributed by atoms with E-state index in [1.165, 1.54) is 45.7 Å². The van der Waals surface area contributed by atoms with Gasteiger partial charge in [-0.3, -0.25) is 4.99 Å². The van der Waals surface area contributed by atoms with Crippen LogP contribution in [0.2, 0.25) is 0 Å². The molecule has 6 heteroatoms. The summed E-state index contributed by atoms with van der Waals surface area (Å²) >= 11 is 0. The van der Waals surface area contributed by atoms with Gasteiger partial charge in [-0.25, -0.2) is 0 Å². The number of hydrogen-bond acceptors (Lipinski definition) is 3. The molecule has 126 valence electrons. The average molecular weight is 411 g/mol. The third kappa shape index (κ3) is 10.3. The van der Waals surface area contributed by atoms with Gasteiger partial charge in [0.1, 0.15) is 0 Å². The molecule has 0 atom stereocenters. The van der Waals surface area contributed by atoms with E-state index in [2.05, 4.69) is 40.9 Å². The summed E-state index contributed by atoms with van der Waals surface area (Å²) in [5.74, 6) is 1.16. The van der Waals surface area contributed by atoms with Gasteiger partial charge >= 0.3 is 0 Å². The summed E-state index contributed by atoms with van der Waals surface area (Å²) in [6.07, 6.45) is 2.39. The predicted octanol–water partition coefficient (Wildman–Crippen LogP) is 1.58. The zero-order chi connectivity index (χ0) is 14.8. The third-order valence-electron chi connectivity index (χ3n) is 3.75. The van der Waals surface area contributed by atoms with Crippen molar-refractivity contribution in [1.29, 1.82) is 0 Å². The second-order valence-corrected chi connectivity index (χ2v) is 6.03. The van der Waals surface area contributed by atoms with Crippen molar-refractivity contribution in [3.8, 4) is 0 Å². The van der Waals surface area contributed by atoms with Crippen molar-refractivity contribution in [3.63, 3.8) is 0 Å². The van der Waals surface area contributed by atoms with E-state index in [0.29, 0.717) is 11.9 Å². The van der Waals surface area contributed by atoms with Crippen LogP contribution in [0.5, 0.6) is 0 Å². The third-order valence-corrected chi connectivity index (χ3v) is 3.75. The molecule has 0 unspecified atom stereocenters. The number of unbranched alkanes of at least 4 members (excludes halogenated alkanes) is 1. The monoisotopic (exact) mass is 411 g/mol. The Morgan fingerprint density at radius 1 is 1.14 bits per heavy atom. The molecule has 0 amide bonds. The van der Waals surface area contributed by atoms with E-state index in [-0.39, 0.29) is 24.0 Å². The minimum absolute atomic E-state index is 0. The number of hydrogen-bond donors (Lipinski definition) is 2. The normalized spacial score (nSPS) is 17.8. The van der Waals surface area contributed by atoms with Crippen molar-refractivity contribution in [1.82, 2.24) is 15.1 Å². The molecular formula is C15H34IN5. The summed E-state index contributed by atoms with van der Waals surface area (Å²) in [5.41, 5.74) is 5.80. The molecule has 1 aliphatic rings. The first kappa shape index (κ1) is 20.9. The van der Waals surface area contributed by atoms with Gasteiger partial charge in [0.05, 0.1) is 0 Å². The number of piperazine rings is 1. The number of nitrogens with zero attached hydrogens (tertiary/aromatic N) is 3. The fraction of sp³-hybridized carbons (Fsp3) is 0.933. The highest BCUT2D eigenvalue weighted by Crippen LogP contribution is 2.02. The number of halogens is 1. The number of guanidine groups is 1. The second-order valence-electron chi connectivity index (χ2n) is 6.03. The number of nitrogens with one attached hydrogen (secondary N) is 1. The maximum atomic E-state index is 5.80. The Morgan fingerprint density at radius 2 is 1.76 bits per heavy atom. The molecule has 1 rings (SSSR count). The molecule has 1 heterocycles. The molecule has 0 aromatic rings. The zero-order valence-corrected chi connectivity index (χ0v) is 16.3. The Balaban J connectivity index is 0.00000400. The first-order valence-electron chi connectivity index (χ1n) is 8.10. The summed E-state index contributed by atoms with van der Waals surface area (Å²) in [4.78, 5) is 9.39. The van der Waals surface area contributed by atoms with Crippen molar-refractivity contribution < 1.29 is 0 Å². The lowest BCUT2D eigenvalue weighted by Crippen LogP contribution is -2.46. The standard InChI is InChI=1S/C15H33N5.HI/c1-4-19-9-11-20(12-10-19)8-6-5-7-17-15(16)18-13-14(2)3;/h14H,4-13H2,1-3H3,(H3,16,17,18);1H. The van der Waals surface area contributed by atoms with Crippen LogP contribution in [0.3, 0.4) is 0 Å². The Hall–Kier alpha value is -0.0800. The number of nitrogens with two attached hydrogens (primary N) is 1. The van der Waals surface area contributed by atoms with Gasteiger partial charge in [0.15, 0.2) is 5.96 Å². The lowest BCUT2D eigenvalue weighted by atomic mass is 10.2. The minimum atomic E-state index is 0. The Morgan fingerprint density at radius 3 is 2.33 bits per heavy atom. The number of rotatable bonds is 8. The van der Waals surface area contributed by atoms with E-state index in [0.717, 1.165) is 19.5 Å². The molecule has 1 aliphatic heterocycles. The summed E-state index contributed by atoms with van der Waals surface area (Å²) < 4.78 is 0. The summed E-state index contributed by atoms with van der Waals surface area (Å²) in [6.45, 7) is 15.6. The van der Waals surface area contributed by atoms with Crippen LogP contribution in [0.25, 0.3) is 0 Å². The minimum Gasteiger partial charge on any atom is -0.370 e. The molecule has 0 aromatic heterocycles. The van der Waals surface area contributed by atoms with Crippen LogP contribution in [0.4, 0.5) is 0 Å². The highest BCUT2D eigenvalue weighted by Gasteiger charge is 2.14. The lowest BCUT2D eigenvalue weighted by molar-refractivity contribution is 0.136. The zero-order valence-electron chi connectivity index (χ0n) is 14.0. The smallest absolute Gasteiger partial charge is 0.188 e. The Bertz CT molecular complexity index is 275. The predicted molar refractivity (Wildman–Crippen MR) is 103 cm³/mol. The molecule has 0 saturated carbocycles.